The number of nitrogens with two attached hydrogens (primary N) is 1. The molecule has 0 bridgehead atoms. The van der Waals surface area contributed by atoms with Gasteiger partial charge in [-0.3, -0.25) is 9.69 Å². The summed E-state index contributed by atoms with van der Waals surface area (Å²) < 4.78 is 41.6. The van der Waals surface area contributed by atoms with E-state index in [1.165, 1.54) is 4.90 Å². The van der Waals surface area contributed by atoms with Gasteiger partial charge in [0.25, 0.3) is 0 Å². The molecule has 0 spiro atoms. The van der Waals surface area contributed by atoms with Gasteiger partial charge in [-0.25, -0.2) is 4.79 Å². The second-order valence-corrected chi connectivity index (χ2v) is 5.97. The fourth-order valence-corrected chi connectivity index (χ4v) is 2.63. The summed E-state index contributed by atoms with van der Waals surface area (Å²) in [5.74, 6) is -0.489. The predicted molar refractivity (Wildman–Crippen MR) is 85.2 cm³/mol. The van der Waals surface area contributed by atoms with Crippen LogP contribution >= 0.6 is 11.6 Å². The van der Waals surface area contributed by atoms with Crippen LogP contribution in [0.25, 0.3) is 0 Å². The van der Waals surface area contributed by atoms with Crippen LogP contribution in [0, 0.1) is 0 Å². The Morgan fingerprint density at radius 3 is 2.76 bits per heavy atom. The van der Waals surface area contributed by atoms with Gasteiger partial charge in [-0.05, 0) is 30.2 Å². The highest BCUT2D eigenvalue weighted by Gasteiger charge is 2.38. The van der Waals surface area contributed by atoms with E-state index < -0.39 is 37.0 Å². The first-order chi connectivity index (χ1) is 11.6. The Morgan fingerprint density at radius 2 is 2.16 bits per heavy atom. The first-order valence-electron chi connectivity index (χ1n) is 7.50. The number of carbonyl (C=O) groups excluding carboxylic acids is 2. The summed E-state index contributed by atoms with van der Waals surface area (Å²) in [6.45, 7) is 0.188. The molecule has 138 valence electrons. The Hall–Kier alpha value is -2.00. The molecule has 2 amide bonds. The maximum absolute atomic E-state index is 12.5. The number of rotatable bonds is 4. The quantitative estimate of drug-likeness (QED) is 0.842. The molecule has 0 unspecified atom stereocenters. The summed E-state index contributed by atoms with van der Waals surface area (Å²) in [6, 6.07) is 3.91. The third-order valence-electron chi connectivity index (χ3n) is 3.65. The maximum Gasteiger partial charge on any atom is 0.409 e. The third-order valence-corrected chi connectivity index (χ3v) is 3.89. The minimum Gasteiger partial charge on any atom is -0.425 e. The van der Waals surface area contributed by atoms with Crippen LogP contribution < -0.4 is 16.0 Å². The fourth-order valence-electron chi connectivity index (χ4n) is 2.43. The van der Waals surface area contributed by atoms with Crippen molar-refractivity contribution in [1.29, 1.82) is 0 Å². The van der Waals surface area contributed by atoms with Crippen LogP contribution in [0.5, 0.6) is 0 Å². The van der Waals surface area contributed by atoms with Crippen molar-refractivity contribution in [2.75, 3.05) is 11.4 Å². The lowest BCUT2D eigenvalue weighted by Gasteiger charge is -2.27. The number of ether oxygens (including phenoxy) is 1. The van der Waals surface area contributed by atoms with Crippen LogP contribution in [0.15, 0.2) is 18.2 Å². The number of nitrogens with one attached hydrogen (secondary N) is 1. The summed E-state index contributed by atoms with van der Waals surface area (Å²) >= 11 is 5.92. The number of alkyl carbamates (subject to hydrolysis) is 1. The molecular weight excluding hydrogens is 363 g/mol. The molecular formula is C15H17ClF3N3O3. The van der Waals surface area contributed by atoms with Gasteiger partial charge in [0.15, 0.2) is 6.23 Å². The molecule has 1 aromatic carbocycles. The molecule has 1 aliphatic heterocycles. The number of carbonyl (C=O) groups is 2. The molecule has 2 rings (SSSR count). The van der Waals surface area contributed by atoms with E-state index in [4.69, 9.17) is 22.1 Å². The summed E-state index contributed by atoms with van der Waals surface area (Å²) in [5.41, 5.74) is 6.87. The monoisotopic (exact) mass is 379 g/mol. The number of anilines is 1. The van der Waals surface area contributed by atoms with Gasteiger partial charge in [0, 0.05) is 11.4 Å². The number of fused-ring (bicyclic) bond motifs is 1. The summed E-state index contributed by atoms with van der Waals surface area (Å²) in [7, 11) is 0. The lowest BCUT2D eigenvalue weighted by Crippen LogP contribution is -2.49. The first kappa shape index (κ1) is 19.3. The number of hydrogen-bond donors (Lipinski definition) is 2. The fraction of sp³-hybridized carbons (Fsp3) is 0.467. The van der Waals surface area contributed by atoms with Crippen molar-refractivity contribution in [2.45, 2.75) is 38.2 Å². The van der Waals surface area contributed by atoms with Crippen molar-refractivity contribution in [3.05, 3.63) is 28.8 Å². The summed E-state index contributed by atoms with van der Waals surface area (Å²) in [6.07, 6.45) is -6.47. The SMILES string of the molecule is CC[C@H](N)C(=O)N1c2ccc(Cl)cc2C[C@@H]1OC(=O)NCC(F)(F)F. The van der Waals surface area contributed by atoms with Crippen LogP contribution in [0.3, 0.4) is 0 Å². The molecule has 1 aromatic rings. The van der Waals surface area contributed by atoms with Crippen molar-refractivity contribution >= 4 is 29.3 Å². The Balaban J connectivity index is 2.18. The number of amides is 2. The highest BCUT2D eigenvalue weighted by molar-refractivity contribution is 6.30. The Labute approximate surface area is 147 Å². The molecule has 0 saturated heterocycles. The standard InChI is InChI=1S/C15H17ClF3N3O3/c1-2-10(20)13(23)22-11-4-3-9(16)5-8(11)6-12(22)25-14(24)21-7-15(17,18)19/h3-5,10,12H,2,6-7,20H2,1H3,(H,21,24)/t10-,12-/m0/s1. The molecule has 1 heterocycles. The lowest BCUT2D eigenvalue weighted by molar-refractivity contribution is -0.125. The van der Waals surface area contributed by atoms with Crippen LogP contribution in [0.2, 0.25) is 5.02 Å². The second-order valence-electron chi connectivity index (χ2n) is 5.53. The molecule has 0 radical (unpaired) electrons. The van der Waals surface area contributed by atoms with E-state index in [0.717, 1.165) is 0 Å². The van der Waals surface area contributed by atoms with Crippen LogP contribution in [0.4, 0.5) is 23.7 Å². The molecule has 25 heavy (non-hydrogen) atoms. The third kappa shape index (κ3) is 4.76. The van der Waals surface area contributed by atoms with Crippen LogP contribution in [-0.2, 0) is 16.0 Å². The number of benzene rings is 1. The predicted octanol–water partition coefficient (Wildman–Crippen LogP) is 2.58. The Bertz CT molecular complexity index is 669. The average Bonchev–Trinajstić information content (AvgIpc) is 2.87. The van der Waals surface area contributed by atoms with Gasteiger partial charge in [-0.2, -0.15) is 13.2 Å². The lowest BCUT2D eigenvalue weighted by atomic mass is 10.1. The number of hydrogen-bond acceptors (Lipinski definition) is 4. The Morgan fingerprint density at radius 1 is 1.48 bits per heavy atom. The van der Waals surface area contributed by atoms with Crippen molar-refractivity contribution in [1.82, 2.24) is 5.32 Å². The van der Waals surface area contributed by atoms with Gasteiger partial charge >= 0.3 is 12.3 Å². The van der Waals surface area contributed by atoms with Gasteiger partial charge in [0.2, 0.25) is 5.91 Å². The molecule has 3 N–H and O–H groups in total. The maximum atomic E-state index is 12.5. The van der Waals surface area contributed by atoms with Crippen LogP contribution in [-0.4, -0.2) is 37.0 Å². The largest absolute Gasteiger partial charge is 0.425 e. The Kier molecular flexibility index (Phi) is 5.79. The van der Waals surface area contributed by atoms with E-state index in [0.29, 0.717) is 22.7 Å². The molecule has 6 nitrogen and oxygen atoms in total. The van der Waals surface area contributed by atoms with Crippen molar-refractivity contribution < 1.29 is 27.5 Å². The second kappa shape index (κ2) is 7.49. The zero-order chi connectivity index (χ0) is 18.8. The van der Waals surface area contributed by atoms with Crippen LogP contribution in [0.1, 0.15) is 18.9 Å². The molecule has 10 heteroatoms. The van der Waals surface area contributed by atoms with E-state index >= 15 is 0 Å². The molecule has 2 atom stereocenters. The number of alkyl halides is 3. The molecule has 0 aromatic heterocycles. The highest BCUT2D eigenvalue weighted by Crippen LogP contribution is 2.35. The summed E-state index contributed by atoms with van der Waals surface area (Å²) in [4.78, 5) is 25.3. The normalized spacial score (nSPS) is 17.8. The summed E-state index contributed by atoms with van der Waals surface area (Å²) in [5, 5.41) is 2.03. The van der Waals surface area contributed by atoms with E-state index in [-0.39, 0.29) is 6.42 Å². The zero-order valence-corrected chi connectivity index (χ0v) is 14.0. The van der Waals surface area contributed by atoms with E-state index in [1.54, 1.807) is 30.4 Å². The average molecular weight is 380 g/mol. The molecule has 0 saturated carbocycles. The molecule has 0 aliphatic carbocycles. The minimum absolute atomic E-state index is 0.109. The van der Waals surface area contributed by atoms with E-state index in [1.807, 2.05) is 0 Å². The van der Waals surface area contributed by atoms with Gasteiger partial charge in [-0.1, -0.05) is 18.5 Å². The first-order valence-corrected chi connectivity index (χ1v) is 7.88. The van der Waals surface area contributed by atoms with E-state index in [2.05, 4.69) is 0 Å². The zero-order valence-electron chi connectivity index (χ0n) is 13.3. The highest BCUT2D eigenvalue weighted by atomic mass is 35.5. The number of nitrogens with zero attached hydrogens (tertiary/aromatic N) is 1. The minimum atomic E-state index is -4.56. The topological polar surface area (TPSA) is 84.7 Å². The van der Waals surface area contributed by atoms with Gasteiger partial charge in [-0.15, -0.1) is 0 Å². The van der Waals surface area contributed by atoms with Gasteiger partial charge in [0.1, 0.15) is 6.54 Å². The molecule has 1 aliphatic rings. The van der Waals surface area contributed by atoms with Crippen molar-refractivity contribution in [3.63, 3.8) is 0 Å². The van der Waals surface area contributed by atoms with Crippen molar-refractivity contribution in [3.8, 4) is 0 Å². The molecule has 0 fully saturated rings. The van der Waals surface area contributed by atoms with Gasteiger partial charge in [0.05, 0.1) is 11.7 Å². The number of halogens is 4. The van der Waals surface area contributed by atoms with Gasteiger partial charge < -0.3 is 15.8 Å². The van der Waals surface area contributed by atoms with Crippen molar-refractivity contribution in [2.24, 2.45) is 5.73 Å². The van der Waals surface area contributed by atoms with E-state index in [9.17, 15) is 22.8 Å². The smallest absolute Gasteiger partial charge is 0.409 e.